The van der Waals surface area contributed by atoms with Crippen molar-refractivity contribution < 1.29 is 9.90 Å². The van der Waals surface area contributed by atoms with Crippen molar-refractivity contribution in [2.24, 2.45) is 11.5 Å². The molecule has 0 aromatic heterocycles. The number of hydrogen-bond acceptors (Lipinski definition) is 3. The highest BCUT2D eigenvalue weighted by Crippen LogP contribution is 2.10. The van der Waals surface area contributed by atoms with Gasteiger partial charge in [-0.05, 0) is 12.2 Å². The summed E-state index contributed by atoms with van der Waals surface area (Å²) in [6, 6.07) is 0. The van der Waals surface area contributed by atoms with Crippen LogP contribution >= 0.6 is 11.8 Å². The highest BCUT2D eigenvalue weighted by atomic mass is 32.2. The molecule has 0 atom stereocenters. The number of primary amides is 1. The number of unbranched alkanes of at least 4 members (excludes halogenated alkanes) is 7. The number of carbonyl (C=O) groups is 1. The van der Waals surface area contributed by atoms with E-state index in [9.17, 15) is 0 Å². The summed E-state index contributed by atoms with van der Waals surface area (Å²) >= 11 is 2.00. The van der Waals surface area contributed by atoms with Gasteiger partial charge in [0.15, 0.2) is 0 Å². The minimum absolute atomic E-state index is 0.835. The maximum absolute atomic E-state index is 8.78. The second-order valence-electron chi connectivity index (χ2n) is 4.21. The van der Waals surface area contributed by atoms with Crippen LogP contribution in [0.3, 0.4) is 0 Å². The quantitative estimate of drug-likeness (QED) is 0.505. The Labute approximate surface area is 116 Å². The normalized spacial score (nSPS) is 9.67. The summed E-state index contributed by atoms with van der Waals surface area (Å²) in [6.07, 6.45) is 10.0. The lowest BCUT2D eigenvalue weighted by molar-refractivity contribution is 0.205. The summed E-state index contributed by atoms with van der Waals surface area (Å²) in [5.74, 6) is 2.45. The molecular weight excluding hydrogens is 248 g/mol. The van der Waals surface area contributed by atoms with Gasteiger partial charge in [0.1, 0.15) is 0 Å². The van der Waals surface area contributed by atoms with E-state index in [0.29, 0.717) is 0 Å². The molecule has 0 spiro atoms. The van der Waals surface area contributed by atoms with Crippen LogP contribution in [0.25, 0.3) is 0 Å². The molecule has 0 rings (SSSR count). The van der Waals surface area contributed by atoms with Gasteiger partial charge in [-0.3, -0.25) is 0 Å². The predicted octanol–water partition coefficient (Wildman–Crippen LogP) is 3.44. The first-order chi connectivity index (χ1) is 8.65. The van der Waals surface area contributed by atoms with Crippen LogP contribution in [0.1, 0.15) is 58.3 Å². The van der Waals surface area contributed by atoms with E-state index >= 15 is 0 Å². The van der Waals surface area contributed by atoms with Gasteiger partial charge in [0.05, 0.1) is 0 Å². The van der Waals surface area contributed by atoms with Crippen molar-refractivity contribution in [2.75, 3.05) is 18.1 Å². The molecule has 0 aliphatic carbocycles. The lowest BCUT2D eigenvalue weighted by Crippen LogP contribution is -2.03. The Balaban J connectivity index is 0. The molecule has 0 saturated heterocycles. The van der Waals surface area contributed by atoms with E-state index in [2.05, 4.69) is 12.7 Å². The fourth-order valence-electron chi connectivity index (χ4n) is 1.52. The summed E-state index contributed by atoms with van der Waals surface area (Å²) in [7, 11) is 0. The smallest absolute Gasteiger partial charge is 0.402 e. The van der Waals surface area contributed by atoms with E-state index in [-0.39, 0.29) is 0 Å². The van der Waals surface area contributed by atoms with E-state index in [4.69, 9.17) is 15.6 Å². The SMILES string of the molecule is CCCCCCCCCCSCCN.NC(=O)O. The number of carboxylic acid groups (broad SMARTS) is 1. The van der Waals surface area contributed by atoms with Crippen molar-refractivity contribution in [2.45, 2.75) is 58.3 Å². The Hall–Kier alpha value is -0.420. The topological polar surface area (TPSA) is 89.3 Å². The summed E-state index contributed by atoms with van der Waals surface area (Å²) in [5, 5.41) is 7.19. The zero-order valence-electron chi connectivity index (χ0n) is 11.7. The third-order valence-corrected chi connectivity index (χ3v) is 3.51. The van der Waals surface area contributed by atoms with Gasteiger partial charge in [0.25, 0.3) is 0 Å². The maximum Gasteiger partial charge on any atom is 0.402 e. The second kappa shape index (κ2) is 18.9. The standard InChI is InChI=1S/C12H27NS.CH3NO2/c1-2-3-4-5-6-7-8-9-11-14-12-10-13;2-1(3)4/h2-13H2,1H3;2H2,(H,3,4). The van der Waals surface area contributed by atoms with E-state index in [1.54, 1.807) is 0 Å². The minimum Gasteiger partial charge on any atom is -0.465 e. The van der Waals surface area contributed by atoms with Gasteiger partial charge in [0, 0.05) is 12.3 Å². The van der Waals surface area contributed by atoms with Gasteiger partial charge in [-0.1, -0.05) is 51.9 Å². The van der Waals surface area contributed by atoms with Gasteiger partial charge in [-0.2, -0.15) is 11.8 Å². The Bertz CT molecular complexity index is 153. The summed E-state index contributed by atoms with van der Waals surface area (Å²) in [6.45, 7) is 3.11. The van der Waals surface area contributed by atoms with Gasteiger partial charge in [0.2, 0.25) is 0 Å². The van der Waals surface area contributed by atoms with Crippen molar-refractivity contribution in [1.29, 1.82) is 0 Å². The Kier molecular flexibility index (Phi) is 20.9. The molecular formula is C13H30N2O2S. The van der Waals surface area contributed by atoms with Crippen molar-refractivity contribution in [3.8, 4) is 0 Å². The predicted molar refractivity (Wildman–Crippen MR) is 81.2 cm³/mol. The average Bonchev–Trinajstić information content (AvgIpc) is 2.31. The van der Waals surface area contributed by atoms with Crippen LogP contribution in [-0.2, 0) is 0 Å². The van der Waals surface area contributed by atoms with Gasteiger partial charge in [-0.15, -0.1) is 0 Å². The van der Waals surface area contributed by atoms with Crippen LogP contribution in [0.4, 0.5) is 4.79 Å². The van der Waals surface area contributed by atoms with Crippen LogP contribution in [0, 0.1) is 0 Å². The minimum atomic E-state index is -1.33. The van der Waals surface area contributed by atoms with Crippen LogP contribution in [0.5, 0.6) is 0 Å². The zero-order valence-corrected chi connectivity index (χ0v) is 12.5. The van der Waals surface area contributed by atoms with E-state index < -0.39 is 6.09 Å². The van der Waals surface area contributed by atoms with Crippen LogP contribution < -0.4 is 11.5 Å². The van der Waals surface area contributed by atoms with E-state index in [0.717, 1.165) is 12.3 Å². The fraction of sp³-hybridized carbons (Fsp3) is 0.923. The molecule has 0 aliphatic rings. The van der Waals surface area contributed by atoms with Crippen LogP contribution in [0.15, 0.2) is 0 Å². The van der Waals surface area contributed by atoms with Crippen LogP contribution in [0.2, 0.25) is 0 Å². The highest BCUT2D eigenvalue weighted by Gasteiger charge is 1.91. The molecule has 0 aromatic carbocycles. The van der Waals surface area contributed by atoms with Gasteiger partial charge < -0.3 is 16.6 Å². The van der Waals surface area contributed by atoms with Gasteiger partial charge in [-0.25, -0.2) is 4.79 Å². The Morgan fingerprint density at radius 2 is 1.44 bits per heavy atom. The first-order valence-electron chi connectivity index (χ1n) is 6.91. The van der Waals surface area contributed by atoms with E-state index in [1.807, 2.05) is 11.8 Å². The molecule has 110 valence electrons. The van der Waals surface area contributed by atoms with Crippen molar-refractivity contribution in [3.05, 3.63) is 0 Å². The molecule has 1 amide bonds. The third kappa shape index (κ3) is 29.6. The summed E-state index contributed by atoms with van der Waals surface area (Å²) in [5.41, 5.74) is 9.44. The average molecular weight is 278 g/mol. The van der Waals surface area contributed by atoms with Gasteiger partial charge >= 0.3 is 6.09 Å². The zero-order chi connectivity index (χ0) is 14.1. The van der Waals surface area contributed by atoms with Crippen molar-refractivity contribution >= 4 is 17.9 Å². The largest absolute Gasteiger partial charge is 0.465 e. The maximum atomic E-state index is 8.78. The number of amides is 1. The monoisotopic (exact) mass is 278 g/mol. The molecule has 0 heterocycles. The molecule has 0 fully saturated rings. The summed E-state index contributed by atoms with van der Waals surface area (Å²) < 4.78 is 0. The number of hydrogen-bond donors (Lipinski definition) is 3. The second-order valence-corrected chi connectivity index (χ2v) is 5.44. The Morgan fingerprint density at radius 3 is 1.89 bits per heavy atom. The van der Waals surface area contributed by atoms with E-state index in [1.165, 1.54) is 57.1 Å². The molecule has 4 nitrogen and oxygen atoms in total. The lowest BCUT2D eigenvalue weighted by Gasteiger charge is -2.01. The first kappa shape index (κ1) is 19.9. The highest BCUT2D eigenvalue weighted by molar-refractivity contribution is 7.99. The van der Waals surface area contributed by atoms with Crippen molar-refractivity contribution in [3.63, 3.8) is 0 Å². The van der Waals surface area contributed by atoms with Crippen LogP contribution in [-0.4, -0.2) is 29.3 Å². The lowest BCUT2D eigenvalue weighted by atomic mass is 10.1. The molecule has 0 bridgehead atoms. The van der Waals surface area contributed by atoms with Crippen molar-refractivity contribution in [1.82, 2.24) is 0 Å². The Morgan fingerprint density at radius 1 is 1.00 bits per heavy atom. The molecule has 0 radical (unpaired) electrons. The number of nitrogens with two attached hydrogens (primary N) is 2. The number of rotatable bonds is 11. The molecule has 0 saturated carbocycles. The molecule has 18 heavy (non-hydrogen) atoms. The first-order valence-corrected chi connectivity index (χ1v) is 8.06. The molecule has 0 unspecified atom stereocenters. The molecule has 5 N–H and O–H groups in total. The third-order valence-electron chi connectivity index (χ3n) is 2.40. The molecule has 5 heteroatoms. The molecule has 0 aromatic rings. The summed E-state index contributed by atoms with van der Waals surface area (Å²) in [4.78, 5) is 8.78. The fourth-order valence-corrected chi connectivity index (χ4v) is 2.30. The number of thioether (sulfide) groups is 1. The molecule has 0 aliphatic heterocycles.